The topological polar surface area (TPSA) is 75.1 Å². The summed E-state index contributed by atoms with van der Waals surface area (Å²) in [6, 6.07) is 1.71. The molecule has 0 spiro atoms. The number of rotatable bonds is 3. The average Bonchev–Trinajstić information content (AvgIpc) is 3.18. The zero-order valence-electron chi connectivity index (χ0n) is 15.2. The van der Waals surface area contributed by atoms with Gasteiger partial charge in [0.15, 0.2) is 0 Å². The number of halogens is 1. The van der Waals surface area contributed by atoms with Crippen molar-refractivity contribution in [2.75, 3.05) is 13.1 Å². The Kier molecular flexibility index (Phi) is 5.50. The molecule has 3 aromatic heterocycles. The Labute approximate surface area is 162 Å². The second-order valence-electron chi connectivity index (χ2n) is 7.02. The van der Waals surface area contributed by atoms with Crippen molar-refractivity contribution in [1.82, 2.24) is 24.9 Å². The molecule has 1 fully saturated rings. The van der Waals surface area contributed by atoms with E-state index in [0.29, 0.717) is 11.8 Å². The van der Waals surface area contributed by atoms with Crippen LogP contribution in [-0.4, -0.2) is 32.7 Å². The largest absolute Gasteiger partial charge is 0.317 e. The Balaban J connectivity index is 0.00000196. The van der Waals surface area contributed by atoms with Gasteiger partial charge in [0.25, 0.3) is 5.56 Å². The first-order valence-corrected chi connectivity index (χ1v) is 9.65. The maximum atomic E-state index is 12.3. The van der Waals surface area contributed by atoms with E-state index >= 15 is 0 Å². The summed E-state index contributed by atoms with van der Waals surface area (Å²) in [7, 11) is 0. The minimum atomic E-state index is -0.0611. The van der Waals surface area contributed by atoms with Crippen LogP contribution in [-0.2, 0) is 0 Å². The van der Waals surface area contributed by atoms with Crippen LogP contribution in [0.1, 0.15) is 54.9 Å². The van der Waals surface area contributed by atoms with Gasteiger partial charge in [-0.25, -0.2) is 9.50 Å². The average molecular weight is 394 g/mol. The molecule has 1 aliphatic rings. The number of nitrogens with one attached hydrogen (secondary N) is 2. The highest BCUT2D eigenvalue weighted by Crippen LogP contribution is 2.35. The summed E-state index contributed by atoms with van der Waals surface area (Å²) in [4.78, 5) is 21.1. The predicted molar refractivity (Wildman–Crippen MR) is 108 cm³/mol. The van der Waals surface area contributed by atoms with Crippen LogP contribution in [0.5, 0.6) is 0 Å². The van der Waals surface area contributed by atoms with Gasteiger partial charge >= 0.3 is 0 Å². The molecule has 3 aromatic rings. The number of aromatic nitrogens is 4. The highest BCUT2D eigenvalue weighted by atomic mass is 35.5. The van der Waals surface area contributed by atoms with Gasteiger partial charge < -0.3 is 10.3 Å². The number of H-pyrrole nitrogens is 1. The van der Waals surface area contributed by atoms with Gasteiger partial charge in [0, 0.05) is 17.9 Å². The van der Waals surface area contributed by atoms with E-state index in [0.717, 1.165) is 58.4 Å². The monoisotopic (exact) mass is 393 g/mol. The minimum Gasteiger partial charge on any atom is -0.317 e. The van der Waals surface area contributed by atoms with Crippen LogP contribution in [0.25, 0.3) is 16.1 Å². The second kappa shape index (κ2) is 7.50. The first-order valence-electron chi connectivity index (χ1n) is 8.84. The van der Waals surface area contributed by atoms with Crippen molar-refractivity contribution in [3.63, 3.8) is 0 Å². The third-order valence-corrected chi connectivity index (χ3v) is 6.33. The van der Waals surface area contributed by atoms with Crippen molar-refractivity contribution in [1.29, 1.82) is 0 Å². The number of nitrogens with zero attached hydrogens (tertiary/aromatic N) is 3. The molecule has 0 amide bonds. The van der Waals surface area contributed by atoms with E-state index < -0.39 is 0 Å². The number of thiazole rings is 1. The van der Waals surface area contributed by atoms with E-state index in [9.17, 15) is 4.79 Å². The molecule has 0 saturated carbocycles. The molecule has 0 bridgehead atoms. The Hall–Kier alpha value is -1.70. The molecule has 0 unspecified atom stereocenters. The third kappa shape index (κ3) is 3.31. The van der Waals surface area contributed by atoms with E-state index in [1.54, 1.807) is 17.4 Å². The summed E-state index contributed by atoms with van der Waals surface area (Å²) in [6.07, 6.45) is 3.93. The van der Waals surface area contributed by atoms with Crippen molar-refractivity contribution < 1.29 is 0 Å². The van der Waals surface area contributed by atoms with E-state index in [2.05, 4.69) is 34.2 Å². The standard InChI is InChI=1S/C18H23N5OS.ClH/c1-10(2)18-21-11(3)16(25-18)13-9-20-23-14(8-15(24)22-17(13)23)12-4-6-19-7-5-12;/h8-10,12,19H,4-7H2,1-3H3,(H,22,24);1H. The lowest BCUT2D eigenvalue weighted by atomic mass is 9.94. The zero-order valence-corrected chi connectivity index (χ0v) is 16.8. The van der Waals surface area contributed by atoms with Gasteiger partial charge in [-0.15, -0.1) is 23.7 Å². The van der Waals surface area contributed by atoms with Crippen LogP contribution >= 0.6 is 23.7 Å². The van der Waals surface area contributed by atoms with Gasteiger partial charge in [-0.2, -0.15) is 5.10 Å². The number of aromatic amines is 1. The number of piperidine rings is 1. The molecule has 0 radical (unpaired) electrons. The lowest BCUT2D eigenvalue weighted by Gasteiger charge is -2.23. The Morgan fingerprint density at radius 1 is 1.31 bits per heavy atom. The van der Waals surface area contributed by atoms with Crippen LogP contribution in [0.15, 0.2) is 17.1 Å². The SMILES string of the molecule is Cc1nc(C(C)C)sc1-c1cnn2c(C3CCNCC3)cc(=O)[nH]c12.Cl. The predicted octanol–water partition coefficient (Wildman–Crippen LogP) is 3.47. The van der Waals surface area contributed by atoms with Crippen molar-refractivity contribution in [2.24, 2.45) is 0 Å². The van der Waals surface area contributed by atoms with Crippen LogP contribution in [0, 0.1) is 6.92 Å². The molecule has 0 atom stereocenters. The molecular weight excluding hydrogens is 370 g/mol. The van der Waals surface area contributed by atoms with Gasteiger partial charge in [-0.05, 0) is 32.9 Å². The molecule has 2 N–H and O–H groups in total. The Bertz CT molecular complexity index is 968. The zero-order chi connectivity index (χ0) is 17.6. The van der Waals surface area contributed by atoms with E-state index in [1.807, 2.05) is 17.6 Å². The van der Waals surface area contributed by atoms with Crippen LogP contribution in [0.2, 0.25) is 0 Å². The number of hydrogen-bond acceptors (Lipinski definition) is 5. The second-order valence-corrected chi connectivity index (χ2v) is 8.05. The molecule has 140 valence electrons. The number of hydrogen-bond donors (Lipinski definition) is 2. The van der Waals surface area contributed by atoms with Crippen molar-refractivity contribution in [3.05, 3.63) is 39.0 Å². The maximum absolute atomic E-state index is 12.3. The molecule has 0 aromatic carbocycles. The van der Waals surface area contributed by atoms with Gasteiger partial charge in [0.05, 0.1) is 33.0 Å². The fraction of sp³-hybridized carbons (Fsp3) is 0.500. The quantitative estimate of drug-likeness (QED) is 0.714. The number of aryl methyl sites for hydroxylation is 1. The smallest absolute Gasteiger partial charge is 0.251 e. The fourth-order valence-corrected chi connectivity index (χ4v) is 4.58. The third-order valence-electron chi connectivity index (χ3n) is 4.84. The van der Waals surface area contributed by atoms with Crippen molar-refractivity contribution in [2.45, 2.75) is 45.4 Å². The first-order chi connectivity index (χ1) is 12.0. The molecular formula is C18H24ClN5OS. The molecule has 26 heavy (non-hydrogen) atoms. The molecule has 0 aliphatic carbocycles. The van der Waals surface area contributed by atoms with Gasteiger partial charge in [0.1, 0.15) is 5.65 Å². The normalized spacial score (nSPS) is 15.5. The summed E-state index contributed by atoms with van der Waals surface area (Å²) in [5.74, 6) is 0.760. The highest BCUT2D eigenvalue weighted by molar-refractivity contribution is 7.15. The Morgan fingerprint density at radius 3 is 2.69 bits per heavy atom. The molecule has 1 saturated heterocycles. The minimum absolute atomic E-state index is 0. The lowest BCUT2D eigenvalue weighted by molar-refractivity contribution is 0.446. The molecule has 6 nitrogen and oxygen atoms in total. The van der Waals surface area contributed by atoms with E-state index in [-0.39, 0.29) is 18.0 Å². The summed E-state index contributed by atoms with van der Waals surface area (Å²) in [5, 5.41) is 9.10. The van der Waals surface area contributed by atoms with Crippen LogP contribution in [0.3, 0.4) is 0 Å². The number of fused-ring (bicyclic) bond motifs is 1. The van der Waals surface area contributed by atoms with E-state index in [1.165, 1.54) is 0 Å². The van der Waals surface area contributed by atoms with Gasteiger partial charge in [-0.3, -0.25) is 4.79 Å². The summed E-state index contributed by atoms with van der Waals surface area (Å²) in [5.41, 5.74) is 3.70. The maximum Gasteiger partial charge on any atom is 0.251 e. The summed E-state index contributed by atoms with van der Waals surface area (Å²) < 4.78 is 1.92. The summed E-state index contributed by atoms with van der Waals surface area (Å²) >= 11 is 1.69. The van der Waals surface area contributed by atoms with Crippen molar-refractivity contribution in [3.8, 4) is 10.4 Å². The molecule has 8 heteroatoms. The van der Waals surface area contributed by atoms with Crippen molar-refractivity contribution >= 4 is 29.4 Å². The summed E-state index contributed by atoms with van der Waals surface area (Å²) in [6.45, 7) is 8.29. The van der Waals surface area contributed by atoms with Gasteiger partial charge in [0.2, 0.25) is 0 Å². The fourth-order valence-electron chi connectivity index (χ4n) is 3.50. The highest BCUT2D eigenvalue weighted by Gasteiger charge is 2.22. The molecule has 4 heterocycles. The van der Waals surface area contributed by atoms with Gasteiger partial charge in [-0.1, -0.05) is 13.8 Å². The first kappa shape index (κ1) is 19.1. The molecule has 4 rings (SSSR count). The lowest BCUT2D eigenvalue weighted by Crippen LogP contribution is -2.28. The van der Waals surface area contributed by atoms with E-state index in [4.69, 9.17) is 0 Å². The van der Waals surface area contributed by atoms with Crippen LogP contribution in [0.4, 0.5) is 0 Å². The molecule has 1 aliphatic heterocycles. The Morgan fingerprint density at radius 2 is 2.04 bits per heavy atom. The van der Waals surface area contributed by atoms with Crippen LogP contribution < -0.4 is 10.9 Å².